The zero-order valence-corrected chi connectivity index (χ0v) is 22.7. The van der Waals surface area contributed by atoms with Gasteiger partial charge >= 0.3 is 6.03 Å². The number of nitrogens with one attached hydrogen (secondary N) is 2. The molecule has 4 aromatic rings. The van der Waals surface area contributed by atoms with E-state index in [1.807, 2.05) is 67.6 Å². The number of amides is 2. The standard InChI is InChI=1S/C32H32N2O4S/c1-24-12-19-29(20-13-24)39(37,38)23-27-14-17-28(18-15-27)33-32(36)34-30(22-26-10-6-3-7-11-26)31(35)21-16-25-8-4-2-5-9-25/h2-15,17-20,30H,16,21-23H2,1H3,(H2,33,34,36)/t30-/m1/s1. The van der Waals surface area contributed by atoms with Crippen LogP contribution in [0.4, 0.5) is 10.5 Å². The molecule has 6 nitrogen and oxygen atoms in total. The number of rotatable bonds is 11. The van der Waals surface area contributed by atoms with E-state index in [9.17, 15) is 18.0 Å². The van der Waals surface area contributed by atoms with Gasteiger partial charge in [-0.2, -0.15) is 0 Å². The first-order chi connectivity index (χ1) is 18.8. The van der Waals surface area contributed by atoms with Crippen LogP contribution in [0.3, 0.4) is 0 Å². The molecule has 7 heteroatoms. The summed E-state index contributed by atoms with van der Waals surface area (Å²) in [6.07, 6.45) is 1.30. The molecular formula is C32H32N2O4S. The van der Waals surface area contributed by atoms with Crippen LogP contribution < -0.4 is 10.6 Å². The van der Waals surface area contributed by atoms with Gasteiger partial charge in [-0.25, -0.2) is 13.2 Å². The zero-order chi connectivity index (χ0) is 27.7. The van der Waals surface area contributed by atoms with Crippen molar-refractivity contribution in [2.75, 3.05) is 5.32 Å². The molecule has 0 saturated carbocycles. The summed E-state index contributed by atoms with van der Waals surface area (Å²) in [5, 5.41) is 5.60. The van der Waals surface area contributed by atoms with Crippen molar-refractivity contribution >= 4 is 27.3 Å². The summed E-state index contributed by atoms with van der Waals surface area (Å²) in [7, 11) is -3.48. The molecule has 0 fully saturated rings. The Morgan fingerprint density at radius 2 is 1.31 bits per heavy atom. The molecule has 0 bridgehead atoms. The van der Waals surface area contributed by atoms with E-state index >= 15 is 0 Å². The third kappa shape index (κ3) is 8.38. The predicted octanol–water partition coefficient (Wildman–Crippen LogP) is 5.90. The number of urea groups is 1. The Morgan fingerprint density at radius 1 is 0.718 bits per heavy atom. The average Bonchev–Trinajstić information content (AvgIpc) is 2.93. The Hall–Kier alpha value is -4.23. The molecule has 0 radical (unpaired) electrons. The highest BCUT2D eigenvalue weighted by Gasteiger charge is 2.21. The maximum absolute atomic E-state index is 13.1. The molecule has 0 unspecified atom stereocenters. The summed E-state index contributed by atoms with van der Waals surface area (Å²) in [5.41, 5.74) is 4.12. The fourth-order valence-corrected chi connectivity index (χ4v) is 5.59. The monoisotopic (exact) mass is 540 g/mol. The number of hydrogen-bond donors (Lipinski definition) is 2. The summed E-state index contributed by atoms with van der Waals surface area (Å²) < 4.78 is 25.5. The molecule has 0 aliphatic rings. The van der Waals surface area contributed by atoms with Crippen molar-refractivity contribution in [1.82, 2.24) is 5.32 Å². The van der Waals surface area contributed by atoms with Crippen molar-refractivity contribution in [3.05, 3.63) is 131 Å². The number of anilines is 1. The molecule has 4 aromatic carbocycles. The van der Waals surface area contributed by atoms with Crippen molar-refractivity contribution in [1.29, 1.82) is 0 Å². The maximum Gasteiger partial charge on any atom is 0.319 e. The molecule has 0 aliphatic carbocycles. The smallest absolute Gasteiger partial charge is 0.319 e. The summed E-state index contributed by atoms with van der Waals surface area (Å²) in [6.45, 7) is 1.91. The van der Waals surface area contributed by atoms with Gasteiger partial charge in [-0.15, -0.1) is 0 Å². The van der Waals surface area contributed by atoms with E-state index < -0.39 is 21.9 Å². The predicted molar refractivity (Wildman–Crippen MR) is 154 cm³/mol. The maximum atomic E-state index is 13.1. The van der Waals surface area contributed by atoms with Gasteiger partial charge in [0.1, 0.15) is 0 Å². The van der Waals surface area contributed by atoms with Crippen LogP contribution in [0.5, 0.6) is 0 Å². The fraction of sp³-hybridized carbons (Fsp3) is 0.188. The van der Waals surface area contributed by atoms with Crippen LogP contribution in [-0.2, 0) is 33.2 Å². The minimum absolute atomic E-state index is 0.0467. The van der Waals surface area contributed by atoms with Gasteiger partial charge in [0.05, 0.1) is 16.7 Å². The van der Waals surface area contributed by atoms with E-state index in [1.54, 1.807) is 48.5 Å². The number of Topliss-reactive ketones (excluding diaryl/α,β-unsaturated/α-hetero) is 1. The summed E-state index contributed by atoms with van der Waals surface area (Å²) in [6, 6.07) is 31.6. The second-order valence-corrected chi connectivity index (χ2v) is 11.6. The molecule has 0 spiro atoms. The lowest BCUT2D eigenvalue weighted by Gasteiger charge is -2.19. The number of carbonyl (C=O) groups is 2. The van der Waals surface area contributed by atoms with Crippen LogP contribution in [-0.4, -0.2) is 26.3 Å². The average molecular weight is 541 g/mol. The molecular weight excluding hydrogens is 508 g/mol. The number of benzene rings is 4. The van der Waals surface area contributed by atoms with Gasteiger partial charge in [0, 0.05) is 12.1 Å². The van der Waals surface area contributed by atoms with E-state index in [1.165, 1.54) is 0 Å². The van der Waals surface area contributed by atoms with Gasteiger partial charge < -0.3 is 10.6 Å². The van der Waals surface area contributed by atoms with Gasteiger partial charge in [0.15, 0.2) is 15.6 Å². The minimum atomic E-state index is -3.48. The molecule has 2 N–H and O–H groups in total. The normalized spacial score (nSPS) is 11.9. The first-order valence-electron chi connectivity index (χ1n) is 12.8. The molecule has 0 aromatic heterocycles. The molecule has 39 heavy (non-hydrogen) atoms. The highest BCUT2D eigenvalue weighted by molar-refractivity contribution is 7.90. The fourth-order valence-electron chi connectivity index (χ4n) is 4.24. The van der Waals surface area contributed by atoms with Gasteiger partial charge in [0.2, 0.25) is 0 Å². The highest BCUT2D eigenvalue weighted by atomic mass is 32.2. The van der Waals surface area contributed by atoms with Crippen LogP contribution in [0, 0.1) is 6.92 Å². The Morgan fingerprint density at radius 3 is 1.92 bits per heavy atom. The number of aryl methyl sites for hydroxylation is 2. The molecule has 2 amide bonds. The lowest BCUT2D eigenvalue weighted by molar-refractivity contribution is -0.120. The SMILES string of the molecule is Cc1ccc(S(=O)(=O)Cc2ccc(NC(=O)N[C@H](Cc3ccccc3)C(=O)CCc3ccccc3)cc2)cc1. The Bertz CT molecular complexity index is 1490. The van der Waals surface area contributed by atoms with Crippen molar-refractivity contribution in [2.24, 2.45) is 0 Å². The van der Waals surface area contributed by atoms with Crippen molar-refractivity contribution in [3.63, 3.8) is 0 Å². The van der Waals surface area contributed by atoms with E-state index in [0.29, 0.717) is 30.5 Å². The Labute approximate surface area is 230 Å². The molecule has 4 rings (SSSR count). The highest BCUT2D eigenvalue weighted by Crippen LogP contribution is 2.19. The summed E-state index contributed by atoms with van der Waals surface area (Å²) in [5.74, 6) is -0.188. The lowest BCUT2D eigenvalue weighted by Crippen LogP contribution is -2.44. The Balaban J connectivity index is 1.38. The van der Waals surface area contributed by atoms with Crippen LogP contribution in [0.1, 0.15) is 28.7 Å². The minimum Gasteiger partial charge on any atom is -0.328 e. The van der Waals surface area contributed by atoms with Gasteiger partial charge in [-0.05, 0) is 60.7 Å². The van der Waals surface area contributed by atoms with Crippen LogP contribution in [0.25, 0.3) is 0 Å². The number of ketones is 1. The lowest BCUT2D eigenvalue weighted by atomic mass is 9.98. The van der Waals surface area contributed by atoms with Crippen LogP contribution in [0.15, 0.2) is 114 Å². The van der Waals surface area contributed by atoms with Crippen molar-refractivity contribution < 1.29 is 18.0 Å². The first-order valence-corrected chi connectivity index (χ1v) is 14.5. The van der Waals surface area contributed by atoms with Gasteiger partial charge in [0.25, 0.3) is 0 Å². The topological polar surface area (TPSA) is 92.3 Å². The zero-order valence-electron chi connectivity index (χ0n) is 21.8. The number of carbonyl (C=O) groups excluding carboxylic acids is 2. The molecule has 200 valence electrons. The van der Waals surface area contributed by atoms with Crippen molar-refractivity contribution in [3.8, 4) is 0 Å². The van der Waals surface area contributed by atoms with E-state index in [-0.39, 0.29) is 16.4 Å². The molecule has 0 saturated heterocycles. The third-order valence-corrected chi connectivity index (χ3v) is 8.13. The molecule has 0 aliphatic heterocycles. The molecule has 1 atom stereocenters. The molecule has 0 heterocycles. The van der Waals surface area contributed by atoms with E-state index in [0.717, 1.165) is 16.7 Å². The summed E-state index contributed by atoms with van der Waals surface area (Å²) >= 11 is 0. The second kappa shape index (κ2) is 13.0. The van der Waals surface area contributed by atoms with E-state index in [2.05, 4.69) is 10.6 Å². The largest absolute Gasteiger partial charge is 0.328 e. The van der Waals surface area contributed by atoms with Crippen LogP contribution >= 0.6 is 0 Å². The van der Waals surface area contributed by atoms with Gasteiger partial charge in [-0.1, -0.05) is 90.5 Å². The van der Waals surface area contributed by atoms with Crippen LogP contribution in [0.2, 0.25) is 0 Å². The summed E-state index contributed by atoms with van der Waals surface area (Å²) in [4.78, 5) is 26.2. The number of hydrogen-bond acceptors (Lipinski definition) is 4. The van der Waals surface area contributed by atoms with Crippen molar-refractivity contribution in [2.45, 2.75) is 42.9 Å². The quantitative estimate of drug-likeness (QED) is 0.248. The second-order valence-electron chi connectivity index (χ2n) is 9.56. The van der Waals surface area contributed by atoms with E-state index in [4.69, 9.17) is 0 Å². The first kappa shape index (κ1) is 27.8. The van der Waals surface area contributed by atoms with Gasteiger partial charge in [-0.3, -0.25) is 4.79 Å². The number of sulfone groups is 1. The third-order valence-electron chi connectivity index (χ3n) is 6.43. The Kier molecular flexibility index (Phi) is 9.28.